The zero-order valence-electron chi connectivity index (χ0n) is 17.4. The number of aromatic nitrogens is 3. The number of hydrogen-bond donors (Lipinski definition) is 0. The maximum Gasteiger partial charge on any atom is 0.328 e. The molecule has 0 radical (unpaired) electrons. The van der Waals surface area contributed by atoms with Crippen molar-refractivity contribution in [3.05, 3.63) is 48.2 Å². The van der Waals surface area contributed by atoms with Gasteiger partial charge in [0, 0.05) is 18.7 Å². The Kier molecular flexibility index (Phi) is 5.79. The summed E-state index contributed by atoms with van der Waals surface area (Å²) >= 11 is 0. The molecule has 1 atom stereocenters. The summed E-state index contributed by atoms with van der Waals surface area (Å²) in [5.41, 5.74) is 2.84. The number of amides is 1. The number of benzene rings is 1. The van der Waals surface area contributed by atoms with E-state index in [-0.39, 0.29) is 11.9 Å². The highest BCUT2D eigenvalue weighted by atomic mass is 16.5. The zero-order chi connectivity index (χ0) is 21.1. The summed E-state index contributed by atoms with van der Waals surface area (Å²) in [6.07, 6.45) is 4.09. The van der Waals surface area contributed by atoms with Crippen molar-refractivity contribution in [1.82, 2.24) is 19.7 Å². The van der Waals surface area contributed by atoms with Crippen LogP contribution in [0.25, 0.3) is 22.3 Å². The normalized spacial score (nSPS) is 16.6. The lowest BCUT2D eigenvalue weighted by Crippen LogP contribution is -2.48. The van der Waals surface area contributed by atoms with E-state index in [0.29, 0.717) is 48.4 Å². The molecule has 4 rings (SSSR count). The van der Waals surface area contributed by atoms with Crippen molar-refractivity contribution in [1.29, 1.82) is 0 Å². The van der Waals surface area contributed by atoms with E-state index in [9.17, 15) is 9.59 Å². The molecule has 30 heavy (non-hydrogen) atoms. The minimum atomic E-state index is -0.546. The van der Waals surface area contributed by atoms with E-state index in [1.807, 2.05) is 43.3 Å². The lowest BCUT2D eigenvalue weighted by Gasteiger charge is -2.34. The lowest BCUT2D eigenvalue weighted by molar-refractivity contribution is -0.149. The Morgan fingerprint density at radius 3 is 2.70 bits per heavy atom. The quantitative estimate of drug-likeness (QED) is 0.604. The summed E-state index contributed by atoms with van der Waals surface area (Å²) in [6.45, 7) is 5.27. The van der Waals surface area contributed by atoms with Crippen molar-refractivity contribution >= 4 is 22.9 Å². The Morgan fingerprint density at radius 2 is 1.97 bits per heavy atom. The second-order valence-corrected chi connectivity index (χ2v) is 7.38. The monoisotopic (exact) mass is 406 g/mol. The Balaban J connectivity index is 1.81. The molecule has 1 aliphatic rings. The van der Waals surface area contributed by atoms with Gasteiger partial charge >= 0.3 is 5.97 Å². The molecule has 0 spiro atoms. The van der Waals surface area contributed by atoms with Crippen molar-refractivity contribution in [3.63, 3.8) is 0 Å². The van der Waals surface area contributed by atoms with Crippen LogP contribution in [0.5, 0.6) is 0 Å². The van der Waals surface area contributed by atoms with Crippen LogP contribution in [-0.2, 0) is 16.1 Å². The predicted molar refractivity (Wildman–Crippen MR) is 114 cm³/mol. The summed E-state index contributed by atoms with van der Waals surface area (Å²) in [6, 6.07) is 11.0. The number of hydrogen-bond acceptors (Lipinski definition) is 5. The SMILES string of the molecule is CCOC(=O)C1CCCCN1C(=O)c1cc(-c2ccccc2)nc2c1cnn2CC. The maximum absolute atomic E-state index is 13.7. The van der Waals surface area contributed by atoms with E-state index in [4.69, 9.17) is 9.72 Å². The van der Waals surface area contributed by atoms with Gasteiger partial charge in [-0.3, -0.25) is 4.79 Å². The predicted octanol–water partition coefficient (Wildman–Crippen LogP) is 3.68. The minimum Gasteiger partial charge on any atom is -0.464 e. The number of fused-ring (bicyclic) bond motifs is 1. The van der Waals surface area contributed by atoms with Crippen LogP contribution < -0.4 is 0 Å². The Labute approximate surface area is 175 Å². The molecule has 0 aliphatic carbocycles. The Bertz CT molecular complexity index is 1060. The maximum atomic E-state index is 13.7. The number of pyridine rings is 1. The van der Waals surface area contributed by atoms with Gasteiger partial charge in [-0.25, -0.2) is 14.5 Å². The van der Waals surface area contributed by atoms with Crippen molar-refractivity contribution in [3.8, 4) is 11.3 Å². The highest BCUT2D eigenvalue weighted by Gasteiger charge is 2.34. The molecule has 156 valence electrons. The van der Waals surface area contributed by atoms with Crippen LogP contribution in [0, 0.1) is 0 Å². The first kappa shape index (κ1) is 20.1. The zero-order valence-corrected chi connectivity index (χ0v) is 17.4. The van der Waals surface area contributed by atoms with Gasteiger partial charge in [0.25, 0.3) is 5.91 Å². The first-order valence-electron chi connectivity index (χ1n) is 10.5. The Morgan fingerprint density at radius 1 is 1.17 bits per heavy atom. The number of piperidine rings is 1. The van der Waals surface area contributed by atoms with Crippen LogP contribution in [0.3, 0.4) is 0 Å². The van der Waals surface area contributed by atoms with Gasteiger partial charge in [-0.1, -0.05) is 30.3 Å². The summed E-state index contributed by atoms with van der Waals surface area (Å²) < 4.78 is 7.03. The molecule has 7 heteroatoms. The number of aryl methyl sites for hydroxylation is 1. The molecule has 2 aromatic heterocycles. The van der Waals surface area contributed by atoms with Crippen LogP contribution in [0.2, 0.25) is 0 Å². The molecule has 0 saturated carbocycles. The molecular formula is C23H26N4O3. The van der Waals surface area contributed by atoms with E-state index in [2.05, 4.69) is 5.10 Å². The van der Waals surface area contributed by atoms with Gasteiger partial charge in [-0.05, 0) is 39.2 Å². The Hall–Kier alpha value is -3.22. The van der Waals surface area contributed by atoms with E-state index in [1.165, 1.54) is 0 Å². The molecule has 1 aliphatic heterocycles. The smallest absolute Gasteiger partial charge is 0.328 e. The molecule has 1 amide bonds. The number of esters is 1. The third-order valence-corrected chi connectivity index (χ3v) is 5.53. The van der Waals surface area contributed by atoms with Crippen molar-refractivity contribution in [2.45, 2.75) is 45.7 Å². The molecular weight excluding hydrogens is 380 g/mol. The summed E-state index contributed by atoms with van der Waals surface area (Å²) in [4.78, 5) is 32.6. The molecule has 1 aromatic carbocycles. The van der Waals surface area contributed by atoms with Crippen LogP contribution in [0.4, 0.5) is 0 Å². The number of nitrogens with zero attached hydrogens (tertiary/aromatic N) is 4. The van der Waals surface area contributed by atoms with Gasteiger partial charge in [0.15, 0.2) is 5.65 Å². The molecule has 7 nitrogen and oxygen atoms in total. The molecule has 3 aromatic rings. The number of carbonyl (C=O) groups is 2. The summed E-state index contributed by atoms with van der Waals surface area (Å²) in [5.74, 6) is -0.503. The molecule has 1 fully saturated rings. The van der Waals surface area contributed by atoms with Crippen LogP contribution >= 0.6 is 0 Å². The fourth-order valence-corrected chi connectivity index (χ4v) is 4.03. The minimum absolute atomic E-state index is 0.173. The number of ether oxygens (including phenoxy) is 1. The van der Waals surface area contributed by atoms with Gasteiger partial charge in [-0.2, -0.15) is 5.10 Å². The van der Waals surface area contributed by atoms with Gasteiger partial charge in [-0.15, -0.1) is 0 Å². The highest BCUT2D eigenvalue weighted by Crippen LogP contribution is 2.28. The molecule has 0 bridgehead atoms. The average Bonchev–Trinajstić information content (AvgIpc) is 3.22. The second-order valence-electron chi connectivity index (χ2n) is 7.38. The van der Waals surface area contributed by atoms with E-state index < -0.39 is 6.04 Å². The first-order chi connectivity index (χ1) is 14.6. The van der Waals surface area contributed by atoms with E-state index >= 15 is 0 Å². The van der Waals surface area contributed by atoms with E-state index in [1.54, 1.807) is 22.7 Å². The summed E-state index contributed by atoms with van der Waals surface area (Å²) in [5, 5.41) is 5.12. The fraction of sp³-hybridized carbons (Fsp3) is 0.391. The van der Waals surface area contributed by atoms with Crippen LogP contribution in [0.15, 0.2) is 42.6 Å². The molecule has 0 N–H and O–H groups in total. The van der Waals surface area contributed by atoms with Gasteiger partial charge < -0.3 is 9.64 Å². The van der Waals surface area contributed by atoms with Crippen molar-refractivity contribution < 1.29 is 14.3 Å². The molecule has 3 heterocycles. The average molecular weight is 406 g/mol. The molecule has 1 saturated heterocycles. The van der Waals surface area contributed by atoms with Gasteiger partial charge in [0.1, 0.15) is 6.04 Å². The van der Waals surface area contributed by atoms with Crippen molar-refractivity contribution in [2.75, 3.05) is 13.2 Å². The standard InChI is InChI=1S/C23H26N4O3/c1-3-27-21-18(15-24-27)17(14-19(25-21)16-10-6-5-7-11-16)22(28)26-13-9-8-12-20(26)23(29)30-4-2/h5-7,10-11,14-15,20H,3-4,8-9,12-13H2,1-2H3. The largest absolute Gasteiger partial charge is 0.464 e. The number of rotatable bonds is 5. The topological polar surface area (TPSA) is 77.3 Å². The number of likely N-dealkylation sites (tertiary alicyclic amines) is 1. The van der Waals surface area contributed by atoms with Gasteiger partial charge in [0.05, 0.1) is 29.4 Å². The highest BCUT2D eigenvalue weighted by molar-refractivity contribution is 6.07. The van der Waals surface area contributed by atoms with Crippen LogP contribution in [-0.4, -0.2) is 50.7 Å². The fourth-order valence-electron chi connectivity index (χ4n) is 4.03. The first-order valence-corrected chi connectivity index (χ1v) is 10.5. The van der Waals surface area contributed by atoms with E-state index in [0.717, 1.165) is 18.4 Å². The number of carbonyl (C=O) groups excluding carboxylic acids is 2. The summed E-state index contributed by atoms with van der Waals surface area (Å²) in [7, 11) is 0. The third-order valence-electron chi connectivity index (χ3n) is 5.53. The second kappa shape index (κ2) is 8.65. The van der Waals surface area contributed by atoms with Gasteiger partial charge in [0.2, 0.25) is 0 Å². The lowest BCUT2D eigenvalue weighted by atomic mass is 9.99. The third kappa shape index (κ3) is 3.67. The van der Waals surface area contributed by atoms with Crippen molar-refractivity contribution in [2.24, 2.45) is 0 Å². The van der Waals surface area contributed by atoms with Crippen LogP contribution in [0.1, 0.15) is 43.5 Å². The molecule has 1 unspecified atom stereocenters.